The molecule has 1 aromatic rings. The van der Waals surface area contributed by atoms with E-state index in [4.69, 9.17) is 0 Å². The van der Waals surface area contributed by atoms with Gasteiger partial charge in [-0.1, -0.05) is 13.8 Å². The lowest BCUT2D eigenvalue weighted by Crippen LogP contribution is -2.24. The molecule has 0 unspecified atom stereocenters. The zero-order valence-electron chi connectivity index (χ0n) is 10.7. The SMILES string of the molecule is CCC(CC)Nc1ccc(NC(=O)NC)cc1. The minimum Gasteiger partial charge on any atom is -0.382 e. The molecule has 0 saturated heterocycles. The molecule has 0 bridgehead atoms. The molecule has 0 fully saturated rings. The van der Waals surface area contributed by atoms with Gasteiger partial charge in [-0.05, 0) is 37.1 Å². The van der Waals surface area contributed by atoms with E-state index in [1.54, 1.807) is 7.05 Å². The van der Waals surface area contributed by atoms with Gasteiger partial charge in [-0.25, -0.2) is 4.79 Å². The molecule has 0 saturated carbocycles. The molecule has 0 aliphatic rings. The van der Waals surface area contributed by atoms with Crippen LogP contribution in [0, 0.1) is 0 Å². The number of carbonyl (C=O) groups excluding carboxylic acids is 1. The molecule has 0 atom stereocenters. The highest BCUT2D eigenvalue weighted by Gasteiger charge is 2.03. The number of urea groups is 1. The Balaban J connectivity index is 2.58. The fraction of sp³-hybridized carbons (Fsp3) is 0.462. The summed E-state index contributed by atoms with van der Waals surface area (Å²) in [5, 5.41) is 8.68. The highest BCUT2D eigenvalue weighted by molar-refractivity contribution is 5.89. The number of nitrogens with one attached hydrogen (secondary N) is 3. The molecule has 0 aliphatic carbocycles. The lowest BCUT2D eigenvalue weighted by Gasteiger charge is -2.16. The monoisotopic (exact) mass is 235 g/mol. The molecule has 4 heteroatoms. The Hall–Kier alpha value is -1.71. The number of carbonyl (C=O) groups is 1. The van der Waals surface area contributed by atoms with Crippen molar-refractivity contribution in [3.8, 4) is 0 Å². The van der Waals surface area contributed by atoms with E-state index in [-0.39, 0.29) is 6.03 Å². The molecule has 2 amide bonds. The van der Waals surface area contributed by atoms with Crippen LogP contribution in [0.1, 0.15) is 26.7 Å². The second-order valence-corrected chi connectivity index (χ2v) is 3.94. The quantitative estimate of drug-likeness (QED) is 0.734. The van der Waals surface area contributed by atoms with Gasteiger partial charge in [0.1, 0.15) is 0 Å². The molecular weight excluding hydrogens is 214 g/mol. The first kappa shape index (κ1) is 13.4. The van der Waals surface area contributed by atoms with Crippen molar-refractivity contribution in [1.29, 1.82) is 0 Å². The molecule has 3 N–H and O–H groups in total. The van der Waals surface area contributed by atoms with Gasteiger partial charge >= 0.3 is 6.03 Å². The third kappa shape index (κ3) is 4.34. The Morgan fingerprint density at radius 2 is 1.65 bits per heavy atom. The van der Waals surface area contributed by atoms with Crippen LogP contribution in [-0.4, -0.2) is 19.1 Å². The number of amides is 2. The molecule has 0 aliphatic heterocycles. The first-order valence-corrected chi connectivity index (χ1v) is 6.04. The maximum atomic E-state index is 11.1. The first-order chi connectivity index (χ1) is 8.19. The molecule has 94 valence electrons. The third-order valence-electron chi connectivity index (χ3n) is 2.73. The van der Waals surface area contributed by atoms with E-state index in [0.29, 0.717) is 6.04 Å². The number of benzene rings is 1. The fourth-order valence-electron chi connectivity index (χ4n) is 1.57. The number of hydrogen-bond acceptors (Lipinski definition) is 2. The summed E-state index contributed by atoms with van der Waals surface area (Å²) >= 11 is 0. The van der Waals surface area contributed by atoms with Crippen molar-refractivity contribution >= 4 is 17.4 Å². The molecule has 0 spiro atoms. The highest BCUT2D eigenvalue weighted by Crippen LogP contribution is 2.15. The Morgan fingerprint density at radius 3 is 2.12 bits per heavy atom. The molecule has 4 nitrogen and oxygen atoms in total. The van der Waals surface area contributed by atoms with Crippen molar-refractivity contribution in [2.45, 2.75) is 32.7 Å². The summed E-state index contributed by atoms with van der Waals surface area (Å²) in [6.45, 7) is 4.34. The summed E-state index contributed by atoms with van der Waals surface area (Å²) in [5.74, 6) is 0. The Labute approximate surface area is 103 Å². The largest absolute Gasteiger partial charge is 0.382 e. The topological polar surface area (TPSA) is 53.2 Å². The minimum atomic E-state index is -0.203. The van der Waals surface area contributed by atoms with Gasteiger partial charge in [0.15, 0.2) is 0 Å². The maximum Gasteiger partial charge on any atom is 0.318 e. The smallest absolute Gasteiger partial charge is 0.318 e. The van der Waals surface area contributed by atoms with Crippen LogP contribution in [0.3, 0.4) is 0 Å². The Bertz CT molecular complexity index is 344. The maximum absolute atomic E-state index is 11.1. The molecule has 0 radical (unpaired) electrons. The van der Waals surface area contributed by atoms with E-state index in [2.05, 4.69) is 29.8 Å². The van der Waals surface area contributed by atoms with Gasteiger partial charge < -0.3 is 16.0 Å². The van der Waals surface area contributed by atoms with Crippen molar-refractivity contribution in [3.05, 3.63) is 24.3 Å². The van der Waals surface area contributed by atoms with Crippen LogP contribution >= 0.6 is 0 Å². The first-order valence-electron chi connectivity index (χ1n) is 6.04. The number of hydrogen-bond donors (Lipinski definition) is 3. The fourth-order valence-corrected chi connectivity index (χ4v) is 1.57. The van der Waals surface area contributed by atoms with Gasteiger partial charge in [0.2, 0.25) is 0 Å². The normalized spacial score (nSPS) is 10.1. The van der Waals surface area contributed by atoms with E-state index in [9.17, 15) is 4.79 Å². The van der Waals surface area contributed by atoms with Crippen LogP contribution < -0.4 is 16.0 Å². The Morgan fingerprint density at radius 1 is 1.12 bits per heavy atom. The predicted octanol–water partition coefficient (Wildman–Crippen LogP) is 3.04. The average molecular weight is 235 g/mol. The molecule has 17 heavy (non-hydrogen) atoms. The van der Waals surface area contributed by atoms with Gasteiger partial charge in [-0.3, -0.25) is 0 Å². The van der Waals surface area contributed by atoms with E-state index < -0.39 is 0 Å². The van der Waals surface area contributed by atoms with Gasteiger partial charge in [0, 0.05) is 24.5 Å². The lowest BCUT2D eigenvalue weighted by molar-refractivity contribution is 0.254. The zero-order valence-corrected chi connectivity index (χ0v) is 10.7. The average Bonchev–Trinajstić information content (AvgIpc) is 2.37. The van der Waals surface area contributed by atoms with Crippen LogP contribution in [0.5, 0.6) is 0 Å². The van der Waals surface area contributed by atoms with Crippen LogP contribution in [0.2, 0.25) is 0 Å². The summed E-state index contributed by atoms with van der Waals surface area (Å²) in [4.78, 5) is 11.1. The zero-order chi connectivity index (χ0) is 12.7. The van der Waals surface area contributed by atoms with Crippen LogP contribution in [0.15, 0.2) is 24.3 Å². The van der Waals surface area contributed by atoms with Gasteiger partial charge in [0.05, 0.1) is 0 Å². The third-order valence-corrected chi connectivity index (χ3v) is 2.73. The predicted molar refractivity (Wildman–Crippen MR) is 72.5 cm³/mol. The van der Waals surface area contributed by atoms with Crippen LogP contribution in [-0.2, 0) is 0 Å². The highest BCUT2D eigenvalue weighted by atomic mass is 16.2. The van der Waals surface area contributed by atoms with Crippen molar-refractivity contribution < 1.29 is 4.79 Å². The van der Waals surface area contributed by atoms with E-state index in [1.165, 1.54) is 0 Å². The van der Waals surface area contributed by atoms with Crippen molar-refractivity contribution in [2.75, 3.05) is 17.7 Å². The number of anilines is 2. The van der Waals surface area contributed by atoms with Gasteiger partial charge in [-0.15, -0.1) is 0 Å². The molecular formula is C13H21N3O. The van der Waals surface area contributed by atoms with Gasteiger partial charge in [0.25, 0.3) is 0 Å². The van der Waals surface area contributed by atoms with Crippen LogP contribution in [0.4, 0.5) is 16.2 Å². The summed E-state index contributed by atoms with van der Waals surface area (Å²) < 4.78 is 0. The van der Waals surface area contributed by atoms with Gasteiger partial charge in [-0.2, -0.15) is 0 Å². The van der Waals surface area contributed by atoms with E-state index in [0.717, 1.165) is 24.2 Å². The standard InChI is InChI=1S/C13H21N3O/c1-4-10(5-2)15-11-6-8-12(9-7-11)16-13(17)14-3/h6-10,15H,4-5H2,1-3H3,(H2,14,16,17). The number of rotatable bonds is 5. The molecule has 0 aromatic heterocycles. The van der Waals surface area contributed by atoms with Crippen molar-refractivity contribution in [1.82, 2.24) is 5.32 Å². The Kier molecular flexibility index (Phi) is 5.33. The second kappa shape index (κ2) is 6.78. The summed E-state index contributed by atoms with van der Waals surface area (Å²) in [6.07, 6.45) is 2.21. The van der Waals surface area contributed by atoms with Crippen molar-refractivity contribution in [2.24, 2.45) is 0 Å². The van der Waals surface area contributed by atoms with Crippen LogP contribution in [0.25, 0.3) is 0 Å². The lowest BCUT2D eigenvalue weighted by atomic mass is 10.1. The second-order valence-electron chi connectivity index (χ2n) is 3.94. The van der Waals surface area contributed by atoms with Crippen molar-refractivity contribution in [3.63, 3.8) is 0 Å². The molecule has 0 heterocycles. The summed E-state index contributed by atoms with van der Waals surface area (Å²) in [5.41, 5.74) is 1.88. The minimum absolute atomic E-state index is 0.203. The van der Waals surface area contributed by atoms with E-state index >= 15 is 0 Å². The molecule has 1 rings (SSSR count). The summed E-state index contributed by atoms with van der Waals surface area (Å²) in [7, 11) is 1.60. The molecule has 1 aromatic carbocycles. The summed E-state index contributed by atoms with van der Waals surface area (Å²) in [6, 6.07) is 8.03. The van der Waals surface area contributed by atoms with E-state index in [1.807, 2.05) is 24.3 Å².